The molecule has 0 spiro atoms. The van der Waals surface area contributed by atoms with E-state index in [1.165, 1.54) is 24.3 Å². The van der Waals surface area contributed by atoms with Crippen molar-refractivity contribution < 1.29 is 27.2 Å². The van der Waals surface area contributed by atoms with Crippen molar-refractivity contribution in [1.82, 2.24) is 0 Å². The highest BCUT2D eigenvalue weighted by Crippen LogP contribution is 2.33. The minimum atomic E-state index is -0.977. The zero-order valence-electron chi connectivity index (χ0n) is 16.1. The molecule has 1 aliphatic rings. The zero-order chi connectivity index (χ0) is 21.7. The van der Waals surface area contributed by atoms with E-state index < -0.39 is 40.8 Å². The van der Waals surface area contributed by atoms with Gasteiger partial charge in [-0.05, 0) is 60.9 Å². The molecule has 30 heavy (non-hydrogen) atoms. The average Bonchev–Trinajstić information content (AvgIpc) is 2.65. The van der Waals surface area contributed by atoms with Crippen molar-refractivity contribution >= 4 is 23.7 Å². The summed E-state index contributed by atoms with van der Waals surface area (Å²) in [7, 11) is 0. The number of hydrogen-bond donors (Lipinski definition) is 0. The summed E-state index contributed by atoms with van der Waals surface area (Å²) in [5.74, 6) is -4.82. The molecule has 1 aliphatic carbocycles. The average molecular weight is 416 g/mol. The first-order chi connectivity index (χ1) is 14.3. The molecule has 1 fully saturated rings. The van der Waals surface area contributed by atoms with Crippen LogP contribution in [0.3, 0.4) is 0 Å². The maximum atomic E-state index is 13.8. The zero-order valence-corrected chi connectivity index (χ0v) is 16.1. The van der Waals surface area contributed by atoms with Gasteiger partial charge < -0.3 is 0 Å². The SMILES string of the molecule is O=C(C=Cc1ccc(F)cc1F)C(CC1CCC1)C(=O)C=Cc1ccc(F)cc1F. The van der Waals surface area contributed by atoms with Gasteiger partial charge in [0.25, 0.3) is 0 Å². The summed E-state index contributed by atoms with van der Waals surface area (Å²) in [5, 5.41) is 0. The van der Waals surface area contributed by atoms with Gasteiger partial charge in [-0.2, -0.15) is 0 Å². The summed E-state index contributed by atoms with van der Waals surface area (Å²) >= 11 is 0. The van der Waals surface area contributed by atoms with Crippen LogP contribution < -0.4 is 0 Å². The van der Waals surface area contributed by atoms with Crippen LogP contribution in [0.2, 0.25) is 0 Å². The molecule has 0 unspecified atom stereocenters. The smallest absolute Gasteiger partial charge is 0.166 e. The minimum absolute atomic E-state index is 0.0310. The number of ketones is 2. The van der Waals surface area contributed by atoms with E-state index in [4.69, 9.17) is 0 Å². The first-order valence-corrected chi connectivity index (χ1v) is 9.67. The van der Waals surface area contributed by atoms with E-state index in [0.717, 1.165) is 43.5 Å². The fourth-order valence-corrected chi connectivity index (χ4v) is 3.28. The van der Waals surface area contributed by atoms with Crippen molar-refractivity contribution in [3.8, 4) is 0 Å². The second-order valence-electron chi connectivity index (χ2n) is 7.39. The van der Waals surface area contributed by atoms with E-state index in [1.807, 2.05) is 0 Å². The maximum absolute atomic E-state index is 13.8. The number of halogens is 4. The highest BCUT2D eigenvalue weighted by molar-refractivity contribution is 6.13. The summed E-state index contributed by atoms with van der Waals surface area (Å²) in [4.78, 5) is 25.3. The first kappa shape index (κ1) is 21.7. The molecule has 0 aliphatic heterocycles. The Morgan fingerprint density at radius 2 is 1.30 bits per heavy atom. The molecule has 2 nitrogen and oxygen atoms in total. The Bertz CT molecular complexity index is 933. The topological polar surface area (TPSA) is 34.1 Å². The van der Waals surface area contributed by atoms with Gasteiger partial charge in [-0.3, -0.25) is 9.59 Å². The van der Waals surface area contributed by atoms with Crippen LogP contribution in [0.15, 0.2) is 48.6 Å². The first-order valence-electron chi connectivity index (χ1n) is 9.67. The number of hydrogen-bond acceptors (Lipinski definition) is 2. The molecule has 0 aromatic heterocycles. The van der Waals surface area contributed by atoms with Crippen molar-refractivity contribution in [2.24, 2.45) is 11.8 Å². The predicted molar refractivity (Wildman–Crippen MR) is 106 cm³/mol. The fraction of sp³-hybridized carbons (Fsp3) is 0.250. The lowest BCUT2D eigenvalue weighted by molar-refractivity contribution is -0.128. The molecule has 2 aromatic carbocycles. The van der Waals surface area contributed by atoms with E-state index in [-0.39, 0.29) is 17.0 Å². The number of carbonyl (C=O) groups excluding carboxylic acids is 2. The summed E-state index contributed by atoms with van der Waals surface area (Å²) in [5.41, 5.74) is 0.0621. The molecule has 0 atom stereocenters. The molecule has 0 radical (unpaired) electrons. The lowest BCUT2D eigenvalue weighted by atomic mass is 9.76. The second kappa shape index (κ2) is 9.65. The van der Waals surface area contributed by atoms with Crippen LogP contribution in [0.4, 0.5) is 17.6 Å². The second-order valence-corrected chi connectivity index (χ2v) is 7.39. The Kier molecular flexibility index (Phi) is 6.98. The van der Waals surface area contributed by atoms with Crippen LogP contribution in [-0.2, 0) is 9.59 Å². The predicted octanol–water partition coefficient (Wildman–Crippen LogP) is 5.91. The minimum Gasteiger partial charge on any atom is -0.294 e. The number of benzene rings is 2. The molecule has 0 N–H and O–H groups in total. The van der Waals surface area contributed by atoms with Gasteiger partial charge in [0.05, 0.1) is 5.92 Å². The Labute approximate surface area is 171 Å². The van der Waals surface area contributed by atoms with Crippen LogP contribution >= 0.6 is 0 Å². The Hall–Kier alpha value is -3.02. The molecular formula is C24H20F4O2. The molecule has 3 rings (SSSR count). The summed E-state index contributed by atoms with van der Waals surface area (Å²) in [6, 6.07) is 5.97. The lowest BCUT2D eigenvalue weighted by Crippen LogP contribution is -2.26. The maximum Gasteiger partial charge on any atom is 0.166 e. The van der Waals surface area contributed by atoms with E-state index in [0.29, 0.717) is 18.6 Å². The monoisotopic (exact) mass is 416 g/mol. The van der Waals surface area contributed by atoms with Gasteiger partial charge in [-0.1, -0.05) is 19.3 Å². The van der Waals surface area contributed by atoms with Gasteiger partial charge >= 0.3 is 0 Å². The van der Waals surface area contributed by atoms with Gasteiger partial charge in [-0.25, -0.2) is 17.6 Å². The van der Waals surface area contributed by atoms with Gasteiger partial charge in [0.1, 0.15) is 23.3 Å². The molecule has 6 heteroatoms. The summed E-state index contributed by atoms with van der Waals surface area (Å²) in [6.07, 6.45) is 7.88. The third kappa shape index (κ3) is 5.53. The molecule has 0 amide bonds. The van der Waals surface area contributed by atoms with E-state index in [1.54, 1.807) is 0 Å². The van der Waals surface area contributed by atoms with Crippen LogP contribution in [0.5, 0.6) is 0 Å². The van der Waals surface area contributed by atoms with Crippen LogP contribution in [0.1, 0.15) is 36.8 Å². The van der Waals surface area contributed by atoms with Gasteiger partial charge in [0, 0.05) is 23.3 Å². The van der Waals surface area contributed by atoms with Crippen molar-refractivity contribution in [1.29, 1.82) is 0 Å². The highest BCUT2D eigenvalue weighted by atomic mass is 19.1. The molecule has 156 valence electrons. The quantitative estimate of drug-likeness (QED) is 0.304. The number of allylic oxidation sites excluding steroid dienone is 2. The fourth-order valence-electron chi connectivity index (χ4n) is 3.28. The van der Waals surface area contributed by atoms with E-state index in [9.17, 15) is 27.2 Å². The van der Waals surface area contributed by atoms with Crippen molar-refractivity contribution in [3.63, 3.8) is 0 Å². The molecule has 0 saturated heterocycles. The highest BCUT2D eigenvalue weighted by Gasteiger charge is 2.29. The third-order valence-corrected chi connectivity index (χ3v) is 5.26. The third-order valence-electron chi connectivity index (χ3n) is 5.26. The standard InChI is InChI=1S/C24H20F4O2/c25-18-8-4-16(21(27)13-18)6-10-23(29)20(12-15-2-1-3-15)24(30)11-7-17-5-9-19(26)14-22(17)28/h4-11,13-15,20H,1-3,12H2. The van der Waals surface area contributed by atoms with E-state index >= 15 is 0 Å². The van der Waals surface area contributed by atoms with Crippen LogP contribution in [-0.4, -0.2) is 11.6 Å². The van der Waals surface area contributed by atoms with Crippen LogP contribution in [0, 0.1) is 35.1 Å². The molecular weight excluding hydrogens is 396 g/mol. The lowest BCUT2D eigenvalue weighted by Gasteiger charge is -2.27. The molecule has 0 bridgehead atoms. The van der Waals surface area contributed by atoms with Gasteiger partial charge in [0.2, 0.25) is 0 Å². The normalized spacial score (nSPS) is 15.5. The number of rotatable bonds is 8. The molecule has 0 heterocycles. The Balaban J connectivity index is 1.77. The molecule has 1 saturated carbocycles. The Morgan fingerprint density at radius 3 is 1.67 bits per heavy atom. The van der Waals surface area contributed by atoms with Crippen molar-refractivity contribution in [2.45, 2.75) is 25.7 Å². The van der Waals surface area contributed by atoms with Crippen molar-refractivity contribution in [2.75, 3.05) is 0 Å². The van der Waals surface area contributed by atoms with Crippen molar-refractivity contribution in [3.05, 3.63) is 82.9 Å². The van der Waals surface area contributed by atoms with Gasteiger partial charge in [-0.15, -0.1) is 0 Å². The van der Waals surface area contributed by atoms with Crippen LogP contribution in [0.25, 0.3) is 12.2 Å². The number of carbonyl (C=O) groups is 2. The largest absolute Gasteiger partial charge is 0.294 e. The van der Waals surface area contributed by atoms with Gasteiger partial charge in [0.15, 0.2) is 11.6 Å². The van der Waals surface area contributed by atoms with E-state index in [2.05, 4.69) is 0 Å². The Morgan fingerprint density at radius 1 is 0.833 bits per heavy atom. The summed E-state index contributed by atoms with van der Waals surface area (Å²) < 4.78 is 53.6. The summed E-state index contributed by atoms with van der Waals surface area (Å²) in [6.45, 7) is 0. The molecule has 2 aromatic rings.